The summed E-state index contributed by atoms with van der Waals surface area (Å²) in [5.74, 6) is 1.32. The molecule has 3 unspecified atom stereocenters. The molecule has 0 radical (unpaired) electrons. The Morgan fingerprint density at radius 3 is 2.50 bits per heavy atom. The Kier molecular flexibility index (Phi) is 3.76. The quantitative estimate of drug-likeness (QED) is 0.725. The first-order chi connectivity index (χ1) is 7.70. The molecule has 1 nitrogen and oxygen atoms in total. The first kappa shape index (κ1) is 11.8. The highest BCUT2D eigenvalue weighted by molar-refractivity contribution is 7.54. The van der Waals surface area contributed by atoms with Gasteiger partial charge in [0.15, 0.2) is 11.0 Å². The summed E-state index contributed by atoms with van der Waals surface area (Å²) < 4.78 is 12.5. The highest BCUT2D eigenvalue weighted by Gasteiger charge is 2.43. The molecule has 1 saturated carbocycles. The summed E-state index contributed by atoms with van der Waals surface area (Å²) in [5, 5.41) is 1.04. The monoisotopic (exact) mass is 235 g/mol. The van der Waals surface area contributed by atoms with Crippen LogP contribution in [0.15, 0.2) is 30.3 Å². The highest BCUT2D eigenvalue weighted by atomic mass is 31.1. The van der Waals surface area contributed by atoms with E-state index in [4.69, 9.17) is 0 Å². The molecule has 0 spiro atoms. The predicted molar refractivity (Wildman–Crippen MR) is 69.6 cm³/mol. The van der Waals surface area contributed by atoms with Crippen molar-refractivity contribution in [1.82, 2.24) is 0 Å². The second-order valence-electron chi connectivity index (χ2n) is 5.07. The van der Waals surface area contributed by atoms with Gasteiger partial charge in [0.2, 0.25) is 0 Å². The first-order valence-electron chi connectivity index (χ1n) is 6.21. The molecule has 2 heteroatoms. The van der Waals surface area contributed by atoms with Crippen molar-refractivity contribution in [2.45, 2.75) is 38.8 Å². The van der Waals surface area contributed by atoms with Crippen LogP contribution >= 0.6 is 7.80 Å². The van der Waals surface area contributed by atoms with Crippen LogP contribution in [0.5, 0.6) is 0 Å². The van der Waals surface area contributed by atoms with Gasteiger partial charge in [0, 0.05) is 5.92 Å². The van der Waals surface area contributed by atoms with Crippen molar-refractivity contribution in [3.8, 4) is 0 Å². The van der Waals surface area contributed by atoms with Crippen LogP contribution in [0.1, 0.15) is 33.1 Å². The average Bonchev–Trinajstić information content (AvgIpc) is 2.78. The summed E-state index contributed by atoms with van der Waals surface area (Å²) in [6, 6.07) is 9.98. The Morgan fingerprint density at radius 1 is 1.19 bits per heavy atom. The lowest BCUT2D eigenvalue weighted by Gasteiger charge is -2.15. The van der Waals surface area contributed by atoms with Crippen molar-refractivity contribution >= 4 is 13.1 Å². The normalized spacial score (nSPS) is 26.1. The van der Waals surface area contributed by atoms with Crippen molar-refractivity contribution in [1.29, 1.82) is 0 Å². The van der Waals surface area contributed by atoms with Crippen molar-refractivity contribution in [3.05, 3.63) is 30.3 Å². The number of benzene rings is 1. The maximum absolute atomic E-state index is 12.5. The summed E-state index contributed by atoms with van der Waals surface area (Å²) in [6.07, 6.45) is 3.66. The fourth-order valence-electron chi connectivity index (χ4n) is 2.80. The molecule has 0 amide bonds. The molecule has 0 heterocycles. The van der Waals surface area contributed by atoms with Gasteiger partial charge >= 0.3 is 7.80 Å². The fraction of sp³-hybridized carbons (Fsp3) is 0.571. The van der Waals surface area contributed by atoms with Crippen molar-refractivity contribution in [3.63, 3.8) is 0 Å². The molecule has 0 aromatic heterocycles. The van der Waals surface area contributed by atoms with Crippen LogP contribution in [0.4, 0.5) is 0 Å². The summed E-state index contributed by atoms with van der Waals surface area (Å²) in [4.78, 5) is 0. The van der Waals surface area contributed by atoms with Gasteiger partial charge in [-0.15, -0.1) is 0 Å². The Balaban J connectivity index is 2.16. The summed E-state index contributed by atoms with van der Waals surface area (Å²) in [7, 11) is -1.20. The minimum Gasteiger partial charge on any atom is -0.0677 e. The van der Waals surface area contributed by atoms with Crippen molar-refractivity contribution < 1.29 is 4.57 Å². The SMILES string of the molecule is CC(C)C1CCCC1[P+](=O)c1ccccc1. The van der Waals surface area contributed by atoms with E-state index in [-0.39, 0.29) is 0 Å². The van der Waals surface area contributed by atoms with Gasteiger partial charge in [0.1, 0.15) is 0 Å². The smallest absolute Gasteiger partial charge is 0.0677 e. The van der Waals surface area contributed by atoms with E-state index in [9.17, 15) is 4.57 Å². The summed E-state index contributed by atoms with van der Waals surface area (Å²) in [5.41, 5.74) is 0.414. The molecular weight excluding hydrogens is 215 g/mol. The highest BCUT2D eigenvalue weighted by Crippen LogP contribution is 2.45. The molecular formula is C14H20OP+. The molecule has 16 heavy (non-hydrogen) atoms. The van der Waals surface area contributed by atoms with E-state index < -0.39 is 7.80 Å². The molecule has 1 fully saturated rings. The Morgan fingerprint density at radius 2 is 1.88 bits per heavy atom. The lowest BCUT2D eigenvalue weighted by atomic mass is 9.94. The molecule has 86 valence electrons. The summed E-state index contributed by atoms with van der Waals surface area (Å²) in [6.45, 7) is 4.52. The van der Waals surface area contributed by atoms with E-state index in [1.807, 2.05) is 30.3 Å². The molecule has 0 N–H and O–H groups in total. The Labute approximate surface area is 99.0 Å². The maximum atomic E-state index is 12.5. The van der Waals surface area contributed by atoms with E-state index in [0.29, 0.717) is 17.5 Å². The van der Waals surface area contributed by atoms with Gasteiger partial charge < -0.3 is 0 Å². The van der Waals surface area contributed by atoms with E-state index in [1.165, 1.54) is 12.8 Å². The molecule has 0 saturated heterocycles. The van der Waals surface area contributed by atoms with Crippen LogP contribution in [-0.4, -0.2) is 5.66 Å². The topological polar surface area (TPSA) is 17.1 Å². The zero-order valence-electron chi connectivity index (χ0n) is 10.1. The zero-order chi connectivity index (χ0) is 11.5. The van der Waals surface area contributed by atoms with Gasteiger partial charge in [-0.05, 0) is 37.3 Å². The van der Waals surface area contributed by atoms with E-state index >= 15 is 0 Å². The third-order valence-electron chi connectivity index (χ3n) is 3.70. The molecule has 1 aromatic rings. The first-order valence-corrected chi connectivity index (χ1v) is 7.54. The minimum absolute atomic E-state index is 0.414. The molecule has 0 aliphatic heterocycles. The van der Waals surface area contributed by atoms with Crippen LogP contribution in [0.3, 0.4) is 0 Å². The Bertz CT molecular complexity index is 358. The lowest BCUT2D eigenvalue weighted by molar-refractivity contribution is 0.397. The van der Waals surface area contributed by atoms with E-state index in [0.717, 1.165) is 11.7 Å². The summed E-state index contributed by atoms with van der Waals surface area (Å²) >= 11 is 0. The zero-order valence-corrected chi connectivity index (χ0v) is 11.0. The number of hydrogen-bond donors (Lipinski definition) is 0. The van der Waals surface area contributed by atoms with Crippen LogP contribution < -0.4 is 5.30 Å². The van der Waals surface area contributed by atoms with Gasteiger partial charge in [-0.3, -0.25) is 0 Å². The molecule has 2 rings (SSSR count). The molecule has 1 aliphatic rings. The Hall–Kier alpha value is -0.680. The number of rotatable bonds is 3. The van der Waals surface area contributed by atoms with Gasteiger partial charge in [0.05, 0.1) is 0 Å². The van der Waals surface area contributed by atoms with Gasteiger partial charge in [-0.25, -0.2) is 0 Å². The fourth-order valence-corrected chi connectivity index (χ4v) is 4.91. The van der Waals surface area contributed by atoms with Gasteiger partial charge in [-0.2, -0.15) is 0 Å². The van der Waals surface area contributed by atoms with Crippen LogP contribution in [0.2, 0.25) is 0 Å². The minimum atomic E-state index is -1.20. The second-order valence-corrected chi connectivity index (χ2v) is 6.90. The predicted octanol–water partition coefficient (Wildman–Crippen LogP) is 3.96. The molecule has 0 bridgehead atoms. The van der Waals surface area contributed by atoms with Crippen LogP contribution in [-0.2, 0) is 4.57 Å². The van der Waals surface area contributed by atoms with Gasteiger partial charge in [-0.1, -0.05) is 36.6 Å². The largest absolute Gasteiger partial charge is 0.380 e. The van der Waals surface area contributed by atoms with E-state index in [2.05, 4.69) is 13.8 Å². The van der Waals surface area contributed by atoms with Crippen LogP contribution in [0.25, 0.3) is 0 Å². The van der Waals surface area contributed by atoms with E-state index in [1.54, 1.807) is 0 Å². The molecule has 3 atom stereocenters. The molecule has 1 aromatic carbocycles. The standard InChI is InChI=1S/C14H20OP/c1-11(2)13-9-6-10-14(13)16(15)12-7-4-3-5-8-12/h3-5,7-8,11,13-14H,6,9-10H2,1-2H3/q+1. The third kappa shape index (κ3) is 2.35. The maximum Gasteiger partial charge on any atom is 0.380 e. The van der Waals surface area contributed by atoms with Crippen LogP contribution in [0, 0.1) is 11.8 Å². The van der Waals surface area contributed by atoms with Crippen molar-refractivity contribution in [2.75, 3.05) is 0 Å². The lowest BCUT2D eigenvalue weighted by Crippen LogP contribution is -2.19. The third-order valence-corrected chi connectivity index (χ3v) is 5.75. The van der Waals surface area contributed by atoms with Gasteiger partial charge in [0.25, 0.3) is 0 Å². The number of hydrogen-bond acceptors (Lipinski definition) is 1. The van der Waals surface area contributed by atoms with Crippen molar-refractivity contribution in [2.24, 2.45) is 11.8 Å². The molecule has 1 aliphatic carbocycles. The second kappa shape index (κ2) is 5.10. The average molecular weight is 235 g/mol.